The van der Waals surface area contributed by atoms with Gasteiger partial charge in [-0.15, -0.1) is 0 Å². The third kappa shape index (κ3) is 3.24. The molecule has 0 bridgehead atoms. The summed E-state index contributed by atoms with van der Waals surface area (Å²) in [5.41, 5.74) is 4.18. The van der Waals surface area contributed by atoms with Gasteiger partial charge in [-0.2, -0.15) is 0 Å². The second-order valence-corrected chi connectivity index (χ2v) is 7.42. The van der Waals surface area contributed by atoms with Crippen molar-refractivity contribution in [2.45, 2.75) is 26.3 Å². The maximum atomic E-state index is 13.0. The molecule has 6 heteroatoms. The average Bonchev–Trinajstić information content (AvgIpc) is 2.71. The second-order valence-electron chi connectivity index (χ2n) is 7.42. The lowest BCUT2D eigenvalue weighted by Gasteiger charge is -2.37. The Bertz CT molecular complexity index is 1170. The topological polar surface area (TPSA) is 71.6 Å². The van der Waals surface area contributed by atoms with E-state index >= 15 is 0 Å². The first-order valence-corrected chi connectivity index (χ1v) is 9.58. The number of aromatic nitrogens is 1. The normalized spacial score (nSPS) is 15.9. The van der Waals surface area contributed by atoms with E-state index in [0.717, 1.165) is 27.6 Å². The molecule has 2 aromatic carbocycles. The standard InChI is InChI=1S/C23H24N2O4/c1-13-5-6-19-16(9-13)10-18(23(27)24-19)22-17-12-21(29-4)20(28-3)11-15(17)7-8-25(22)14(2)26/h5-6,9-12,22H,7-8H2,1-4H3,(H,24,27)/t22-/m0/s1. The van der Waals surface area contributed by atoms with Gasteiger partial charge in [-0.1, -0.05) is 11.6 Å². The molecule has 2 heterocycles. The van der Waals surface area contributed by atoms with Crippen molar-refractivity contribution in [2.75, 3.05) is 20.8 Å². The van der Waals surface area contributed by atoms with Crippen molar-refractivity contribution in [3.8, 4) is 11.5 Å². The Morgan fingerprint density at radius 2 is 1.79 bits per heavy atom. The summed E-state index contributed by atoms with van der Waals surface area (Å²) < 4.78 is 10.9. The summed E-state index contributed by atoms with van der Waals surface area (Å²) in [4.78, 5) is 30.2. The number of nitrogens with zero attached hydrogens (tertiary/aromatic N) is 1. The first kappa shape index (κ1) is 19.1. The lowest BCUT2D eigenvalue weighted by molar-refractivity contribution is -0.130. The Morgan fingerprint density at radius 1 is 1.07 bits per heavy atom. The highest BCUT2D eigenvalue weighted by Gasteiger charge is 2.33. The third-order valence-corrected chi connectivity index (χ3v) is 5.60. The van der Waals surface area contributed by atoms with Gasteiger partial charge in [-0.3, -0.25) is 9.59 Å². The van der Waals surface area contributed by atoms with E-state index in [1.807, 2.05) is 43.3 Å². The molecule has 1 atom stereocenters. The summed E-state index contributed by atoms with van der Waals surface area (Å²) in [6, 6.07) is 11.1. The molecular weight excluding hydrogens is 368 g/mol. The molecule has 1 aliphatic rings. The number of hydrogen-bond acceptors (Lipinski definition) is 4. The maximum Gasteiger partial charge on any atom is 0.254 e. The van der Waals surface area contributed by atoms with Crippen LogP contribution in [0.4, 0.5) is 0 Å². The summed E-state index contributed by atoms with van der Waals surface area (Å²) in [6.45, 7) is 4.09. The molecule has 0 aliphatic carbocycles. The van der Waals surface area contributed by atoms with Gasteiger partial charge < -0.3 is 19.4 Å². The van der Waals surface area contributed by atoms with Crippen molar-refractivity contribution in [1.29, 1.82) is 0 Å². The molecule has 1 amide bonds. The fourth-order valence-electron chi connectivity index (χ4n) is 4.17. The molecule has 4 rings (SSSR count). The number of amides is 1. The van der Waals surface area contributed by atoms with Crippen molar-refractivity contribution in [3.63, 3.8) is 0 Å². The van der Waals surface area contributed by atoms with Crippen molar-refractivity contribution >= 4 is 16.8 Å². The monoisotopic (exact) mass is 392 g/mol. The number of methoxy groups -OCH3 is 2. The molecule has 0 unspecified atom stereocenters. The van der Waals surface area contributed by atoms with E-state index in [2.05, 4.69) is 4.98 Å². The van der Waals surface area contributed by atoms with Crippen molar-refractivity contribution in [1.82, 2.24) is 9.88 Å². The number of benzene rings is 2. The Labute approximate surface area is 169 Å². The smallest absolute Gasteiger partial charge is 0.254 e. The Hall–Kier alpha value is -3.28. The van der Waals surface area contributed by atoms with Crippen LogP contribution < -0.4 is 15.0 Å². The van der Waals surface area contributed by atoms with Crippen LogP contribution >= 0.6 is 0 Å². The van der Waals surface area contributed by atoms with E-state index in [0.29, 0.717) is 30.0 Å². The number of aromatic amines is 1. The summed E-state index contributed by atoms with van der Waals surface area (Å²) in [5.74, 6) is 1.15. The van der Waals surface area contributed by atoms with Gasteiger partial charge in [0.15, 0.2) is 11.5 Å². The van der Waals surface area contributed by atoms with Gasteiger partial charge in [0.05, 0.1) is 20.3 Å². The first-order valence-electron chi connectivity index (χ1n) is 9.58. The molecule has 1 aliphatic heterocycles. The molecular formula is C23H24N2O4. The number of nitrogens with one attached hydrogen (secondary N) is 1. The number of rotatable bonds is 3. The summed E-state index contributed by atoms with van der Waals surface area (Å²) in [7, 11) is 3.18. The molecule has 0 saturated heterocycles. The predicted octanol–water partition coefficient (Wildman–Crippen LogP) is 3.35. The van der Waals surface area contributed by atoms with Crippen LogP contribution in [0.3, 0.4) is 0 Å². The lowest BCUT2D eigenvalue weighted by atomic mass is 9.87. The molecule has 0 radical (unpaired) electrons. The van der Waals surface area contributed by atoms with E-state index in [1.54, 1.807) is 19.1 Å². The molecule has 0 fully saturated rings. The minimum Gasteiger partial charge on any atom is -0.493 e. The second kappa shape index (κ2) is 7.28. The lowest BCUT2D eigenvalue weighted by Crippen LogP contribution is -2.41. The fourth-order valence-corrected chi connectivity index (χ4v) is 4.17. The van der Waals surface area contributed by atoms with Gasteiger partial charge >= 0.3 is 0 Å². The van der Waals surface area contributed by atoms with Crippen LogP contribution in [0.15, 0.2) is 41.2 Å². The molecule has 150 valence electrons. The number of aryl methyl sites for hydroxylation is 1. The van der Waals surface area contributed by atoms with Crippen LogP contribution in [0.1, 0.15) is 35.2 Å². The molecule has 0 spiro atoms. The zero-order valence-electron chi connectivity index (χ0n) is 17.0. The molecule has 29 heavy (non-hydrogen) atoms. The van der Waals surface area contributed by atoms with Crippen LogP contribution in [0.2, 0.25) is 0 Å². The minimum atomic E-state index is -0.482. The number of carbonyl (C=O) groups excluding carboxylic acids is 1. The van der Waals surface area contributed by atoms with Crippen LogP contribution in [0.5, 0.6) is 11.5 Å². The van der Waals surface area contributed by atoms with Gasteiger partial charge in [-0.25, -0.2) is 0 Å². The Balaban J connectivity index is 1.98. The number of hydrogen-bond donors (Lipinski definition) is 1. The van der Waals surface area contributed by atoms with Crippen LogP contribution in [-0.2, 0) is 11.2 Å². The van der Waals surface area contributed by atoms with Gasteiger partial charge in [0.1, 0.15) is 0 Å². The molecule has 3 aromatic rings. The van der Waals surface area contributed by atoms with Crippen molar-refractivity contribution in [3.05, 3.63) is 69.0 Å². The Morgan fingerprint density at radius 3 is 2.48 bits per heavy atom. The minimum absolute atomic E-state index is 0.0702. The van der Waals surface area contributed by atoms with Crippen molar-refractivity contribution < 1.29 is 14.3 Å². The van der Waals surface area contributed by atoms with E-state index in [9.17, 15) is 9.59 Å². The maximum absolute atomic E-state index is 13.0. The summed E-state index contributed by atoms with van der Waals surface area (Å²) in [6.07, 6.45) is 0.691. The number of ether oxygens (including phenoxy) is 2. The fraction of sp³-hybridized carbons (Fsp3) is 0.304. The molecule has 6 nitrogen and oxygen atoms in total. The van der Waals surface area contributed by atoms with Gasteiger partial charge in [0, 0.05) is 24.5 Å². The quantitative estimate of drug-likeness (QED) is 0.742. The van der Waals surface area contributed by atoms with E-state index in [4.69, 9.17) is 9.47 Å². The zero-order chi connectivity index (χ0) is 20.7. The highest BCUT2D eigenvalue weighted by molar-refractivity contribution is 5.81. The SMILES string of the molecule is COc1cc2c(cc1OC)[C@@H](c1cc3cc(C)ccc3[nH]c1=O)N(C(C)=O)CC2. The molecule has 1 aromatic heterocycles. The Kier molecular flexibility index (Phi) is 4.78. The summed E-state index contributed by atoms with van der Waals surface area (Å²) in [5, 5.41) is 0.940. The van der Waals surface area contributed by atoms with Gasteiger partial charge in [-0.05, 0) is 60.2 Å². The van der Waals surface area contributed by atoms with E-state index in [1.165, 1.54) is 6.92 Å². The van der Waals surface area contributed by atoms with Crippen LogP contribution in [0, 0.1) is 6.92 Å². The third-order valence-electron chi connectivity index (χ3n) is 5.60. The highest BCUT2D eigenvalue weighted by Crippen LogP contribution is 2.40. The number of fused-ring (bicyclic) bond motifs is 2. The average molecular weight is 392 g/mol. The van der Waals surface area contributed by atoms with Gasteiger partial charge in [0.2, 0.25) is 5.91 Å². The highest BCUT2D eigenvalue weighted by atomic mass is 16.5. The largest absolute Gasteiger partial charge is 0.493 e. The molecule has 0 saturated carbocycles. The van der Waals surface area contributed by atoms with E-state index < -0.39 is 6.04 Å². The zero-order valence-corrected chi connectivity index (χ0v) is 17.0. The predicted molar refractivity (Wildman–Crippen MR) is 112 cm³/mol. The first-order chi connectivity index (χ1) is 13.9. The number of carbonyl (C=O) groups is 1. The van der Waals surface area contributed by atoms with E-state index in [-0.39, 0.29) is 11.5 Å². The van der Waals surface area contributed by atoms with Gasteiger partial charge in [0.25, 0.3) is 5.56 Å². The number of pyridine rings is 1. The summed E-state index contributed by atoms with van der Waals surface area (Å²) >= 11 is 0. The van der Waals surface area contributed by atoms with Crippen LogP contribution in [-0.4, -0.2) is 36.6 Å². The molecule has 1 N–H and O–H groups in total. The number of H-pyrrole nitrogens is 1. The van der Waals surface area contributed by atoms with Crippen LogP contribution in [0.25, 0.3) is 10.9 Å². The van der Waals surface area contributed by atoms with Crippen molar-refractivity contribution in [2.24, 2.45) is 0 Å².